The lowest BCUT2D eigenvalue weighted by molar-refractivity contribution is -0.137. The average Bonchev–Trinajstić information content (AvgIpc) is 2.84. The smallest absolute Gasteiger partial charge is 0.226 e. The van der Waals surface area contributed by atoms with Crippen LogP contribution in [0.5, 0.6) is 5.75 Å². The minimum Gasteiger partial charge on any atom is -0.496 e. The molecule has 32 heavy (non-hydrogen) atoms. The van der Waals surface area contributed by atoms with Crippen molar-refractivity contribution in [3.8, 4) is 16.9 Å². The van der Waals surface area contributed by atoms with E-state index in [2.05, 4.69) is 5.32 Å². The predicted octanol–water partition coefficient (Wildman–Crippen LogP) is 4.38. The molecule has 1 N–H and O–H groups in total. The zero-order valence-corrected chi connectivity index (χ0v) is 18.7. The van der Waals surface area contributed by atoms with Crippen molar-refractivity contribution >= 4 is 5.91 Å². The Labute approximate surface area is 189 Å². The molecule has 172 valence electrons. The molecular weight excluding hydrogens is 409 g/mol. The molecule has 2 fully saturated rings. The minimum absolute atomic E-state index is 0.0910. The van der Waals surface area contributed by atoms with Gasteiger partial charge in [-0.2, -0.15) is 0 Å². The molecule has 0 aliphatic carbocycles. The number of carbonyl (C=O) groups is 1. The Balaban J connectivity index is 1.60. The van der Waals surface area contributed by atoms with Gasteiger partial charge in [-0.1, -0.05) is 24.3 Å². The molecule has 2 aliphatic rings. The number of methoxy groups -OCH3 is 1. The molecule has 4 rings (SSSR count). The lowest BCUT2D eigenvalue weighted by atomic mass is 9.73. The summed E-state index contributed by atoms with van der Waals surface area (Å²) in [6.07, 6.45) is 3.88. The second-order valence-electron chi connectivity index (χ2n) is 8.84. The Morgan fingerprint density at radius 1 is 1.06 bits per heavy atom. The number of rotatable bonds is 7. The van der Waals surface area contributed by atoms with Crippen LogP contribution in [0.15, 0.2) is 42.5 Å². The van der Waals surface area contributed by atoms with Gasteiger partial charge in [0.25, 0.3) is 0 Å². The van der Waals surface area contributed by atoms with Gasteiger partial charge in [-0.3, -0.25) is 4.79 Å². The normalized spacial score (nSPS) is 18.8. The summed E-state index contributed by atoms with van der Waals surface area (Å²) >= 11 is 0. The highest BCUT2D eigenvalue weighted by Crippen LogP contribution is 2.40. The molecule has 2 saturated heterocycles. The molecule has 0 spiro atoms. The van der Waals surface area contributed by atoms with E-state index in [9.17, 15) is 9.18 Å². The molecule has 0 radical (unpaired) electrons. The lowest BCUT2D eigenvalue weighted by Crippen LogP contribution is -2.47. The van der Waals surface area contributed by atoms with Crippen LogP contribution in [0, 0.1) is 17.2 Å². The van der Waals surface area contributed by atoms with E-state index < -0.39 is 5.41 Å². The van der Waals surface area contributed by atoms with Crippen LogP contribution in [0.1, 0.15) is 31.2 Å². The standard InChI is InChI=1S/C26H32FNO4/c1-30-24-7-6-21(27)16-23(24)22-5-3-2-4-20(22)17-26(10-14-32-15-11-26)25(29)28-18-19-8-12-31-13-9-19/h2-7,16,19H,8-15,17-18H2,1H3,(H,28,29). The van der Waals surface area contributed by atoms with E-state index in [-0.39, 0.29) is 11.7 Å². The zero-order valence-electron chi connectivity index (χ0n) is 18.7. The van der Waals surface area contributed by atoms with Gasteiger partial charge in [0.1, 0.15) is 11.6 Å². The maximum absolute atomic E-state index is 14.1. The summed E-state index contributed by atoms with van der Waals surface area (Å²) in [4.78, 5) is 13.5. The van der Waals surface area contributed by atoms with Crippen LogP contribution in [-0.2, 0) is 20.7 Å². The molecule has 1 amide bonds. The largest absolute Gasteiger partial charge is 0.496 e. The number of amides is 1. The van der Waals surface area contributed by atoms with E-state index in [1.807, 2.05) is 24.3 Å². The first-order valence-electron chi connectivity index (χ1n) is 11.5. The van der Waals surface area contributed by atoms with Gasteiger partial charge in [-0.05, 0) is 67.3 Å². The first kappa shape index (κ1) is 22.7. The van der Waals surface area contributed by atoms with Crippen LogP contribution in [0.4, 0.5) is 4.39 Å². The highest BCUT2D eigenvalue weighted by molar-refractivity contribution is 5.84. The summed E-state index contributed by atoms with van der Waals surface area (Å²) < 4.78 is 30.6. The number of halogens is 1. The van der Waals surface area contributed by atoms with Gasteiger partial charge in [0, 0.05) is 38.5 Å². The molecule has 2 aromatic carbocycles. The summed E-state index contributed by atoms with van der Waals surface area (Å²) in [7, 11) is 1.59. The van der Waals surface area contributed by atoms with E-state index in [4.69, 9.17) is 14.2 Å². The van der Waals surface area contributed by atoms with E-state index in [1.54, 1.807) is 13.2 Å². The van der Waals surface area contributed by atoms with Crippen molar-refractivity contribution in [3.63, 3.8) is 0 Å². The second kappa shape index (κ2) is 10.5. The Kier molecular flexibility index (Phi) is 7.43. The van der Waals surface area contributed by atoms with Crippen LogP contribution in [0.2, 0.25) is 0 Å². The van der Waals surface area contributed by atoms with E-state index in [0.29, 0.717) is 56.3 Å². The molecule has 2 aromatic rings. The van der Waals surface area contributed by atoms with Crippen molar-refractivity contribution < 1.29 is 23.4 Å². The van der Waals surface area contributed by atoms with Gasteiger partial charge < -0.3 is 19.5 Å². The van der Waals surface area contributed by atoms with Gasteiger partial charge in [0.2, 0.25) is 5.91 Å². The van der Waals surface area contributed by atoms with Gasteiger partial charge in [-0.15, -0.1) is 0 Å². The van der Waals surface area contributed by atoms with Crippen LogP contribution in [0.3, 0.4) is 0 Å². The van der Waals surface area contributed by atoms with E-state index in [1.165, 1.54) is 12.1 Å². The maximum atomic E-state index is 14.1. The van der Waals surface area contributed by atoms with Crippen LogP contribution >= 0.6 is 0 Å². The van der Waals surface area contributed by atoms with E-state index in [0.717, 1.165) is 37.2 Å². The summed E-state index contributed by atoms with van der Waals surface area (Å²) in [5.74, 6) is 0.858. The highest BCUT2D eigenvalue weighted by atomic mass is 19.1. The number of carbonyl (C=O) groups excluding carboxylic acids is 1. The van der Waals surface area contributed by atoms with Crippen molar-refractivity contribution in [1.82, 2.24) is 5.32 Å². The molecule has 0 saturated carbocycles. The third-order valence-electron chi connectivity index (χ3n) is 6.82. The molecule has 2 heterocycles. The number of hydrogen-bond donors (Lipinski definition) is 1. The van der Waals surface area contributed by atoms with Crippen molar-refractivity contribution in [1.29, 1.82) is 0 Å². The molecule has 5 nitrogen and oxygen atoms in total. The molecule has 0 aromatic heterocycles. The van der Waals surface area contributed by atoms with E-state index >= 15 is 0 Å². The first-order chi connectivity index (χ1) is 15.6. The molecular formula is C26H32FNO4. The molecule has 0 unspecified atom stereocenters. The average molecular weight is 442 g/mol. The first-order valence-corrected chi connectivity index (χ1v) is 11.5. The summed E-state index contributed by atoms with van der Waals surface area (Å²) in [6.45, 7) is 3.35. The topological polar surface area (TPSA) is 56.8 Å². The number of ether oxygens (including phenoxy) is 3. The monoisotopic (exact) mass is 441 g/mol. The lowest BCUT2D eigenvalue weighted by Gasteiger charge is -2.37. The Morgan fingerprint density at radius 2 is 1.78 bits per heavy atom. The predicted molar refractivity (Wildman–Crippen MR) is 121 cm³/mol. The molecule has 0 bridgehead atoms. The van der Waals surface area contributed by atoms with Gasteiger partial charge in [0.05, 0.1) is 12.5 Å². The van der Waals surface area contributed by atoms with Gasteiger partial charge >= 0.3 is 0 Å². The summed E-state index contributed by atoms with van der Waals surface area (Å²) in [5, 5.41) is 3.24. The molecule has 0 atom stereocenters. The van der Waals surface area contributed by atoms with Gasteiger partial charge in [-0.25, -0.2) is 4.39 Å². The van der Waals surface area contributed by atoms with Crippen molar-refractivity contribution in [2.75, 3.05) is 40.1 Å². The number of hydrogen-bond acceptors (Lipinski definition) is 4. The maximum Gasteiger partial charge on any atom is 0.226 e. The molecule has 2 aliphatic heterocycles. The van der Waals surface area contributed by atoms with Crippen molar-refractivity contribution in [2.24, 2.45) is 11.3 Å². The van der Waals surface area contributed by atoms with Crippen LogP contribution in [-0.4, -0.2) is 46.0 Å². The second-order valence-corrected chi connectivity index (χ2v) is 8.84. The van der Waals surface area contributed by atoms with Gasteiger partial charge in [0.15, 0.2) is 0 Å². The van der Waals surface area contributed by atoms with Crippen molar-refractivity contribution in [3.05, 3.63) is 53.8 Å². The fourth-order valence-electron chi connectivity index (χ4n) is 4.81. The quantitative estimate of drug-likeness (QED) is 0.693. The molecule has 6 heteroatoms. The third kappa shape index (κ3) is 5.13. The fourth-order valence-corrected chi connectivity index (χ4v) is 4.81. The third-order valence-corrected chi connectivity index (χ3v) is 6.82. The Hall–Kier alpha value is -2.44. The van der Waals surface area contributed by atoms with Crippen molar-refractivity contribution in [2.45, 2.75) is 32.1 Å². The summed E-state index contributed by atoms with van der Waals surface area (Å²) in [5.41, 5.74) is 2.07. The Bertz CT molecular complexity index is 920. The summed E-state index contributed by atoms with van der Waals surface area (Å²) in [6, 6.07) is 12.4. The van der Waals surface area contributed by atoms with Crippen LogP contribution in [0.25, 0.3) is 11.1 Å². The highest BCUT2D eigenvalue weighted by Gasteiger charge is 2.40. The zero-order chi connectivity index (χ0) is 22.4. The number of benzene rings is 2. The SMILES string of the molecule is COc1ccc(F)cc1-c1ccccc1CC1(C(=O)NCC2CCOCC2)CCOCC1. The van der Waals surface area contributed by atoms with Crippen LogP contribution < -0.4 is 10.1 Å². The number of nitrogens with one attached hydrogen (secondary N) is 1. The Morgan fingerprint density at radius 3 is 2.53 bits per heavy atom. The minimum atomic E-state index is -0.542. The fraction of sp³-hybridized carbons (Fsp3) is 0.500.